The quantitative estimate of drug-likeness (QED) is 0.746. The number of H-pyrrole nitrogens is 1. The highest BCUT2D eigenvalue weighted by atomic mass is 127. The van der Waals surface area contributed by atoms with Crippen LogP contribution in [0.3, 0.4) is 0 Å². The van der Waals surface area contributed by atoms with E-state index >= 15 is 0 Å². The van der Waals surface area contributed by atoms with E-state index in [1.165, 1.54) is 9.13 Å². The van der Waals surface area contributed by atoms with E-state index in [-0.39, 0.29) is 5.41 Å². The Morgan fingerprint density at radius 2 is 2.06 bits per heavy atom. The molecule has 0 unspecified atom stereocenters. The fourth-order valence-electron chi connectivity index (χ4n) is 1.67. The summed E-state index contributed by atoms with van der Waals surface area (Å²) in [7, 11) is 0. The maximum Gasteiger partial charge on any atom is 0.128 e. The molecule has 0 aliphatic carbocycles. The molecule has 0 aliphatic rings. The zero-order chi connectivity index (χ0) is 11.9. The molecule has 0 radical (unpaired) electrons. The minimum atomic E-state index is 0.275. The number of benzene rings is 1. The van der Waals surface area contributed by atoms with Gasteiger partial charge in [0.25, 0.3) is 0 Å². The average Bonchev–Trinajstić information content (AvgIpc) is 2.59. The van der Waals surface area contributed by atoms with Crippen molar-refractivity contribution in [2.45, 2.75) is 27.2 Å². The Balaban J connectivity index is 2.57. The summed E-state index contributed by atoms with van der Waals surface area (Å²) in [5.74, 6) is 0. The Kier molecular flexibility index (Phi) is 3.27. The number of rotatable bonds is 1. The molecule has 0 saturated heterocycles. The highest BCUT2D eigenvalue weighted by Gasteiger charge is 2.17. The monoisotopic (exact) mass is 393 g/mol. The van der Waals surface area contributed by atoms with E-state index in [0.717, 1.165) is 21.9 Å². The summed E-state index contributed by atoms with van der Waals surface area (Å²) >= 11 is 5.95. The van der Waals surface area contributed by atoms with Crippen LogP contribution in [0.2, 0.25) is 0 Å². The highest BCUT2D eigenvalue weighted by molar-refractivity contribution is 14.1. The summed E-state index contributed by atoms with van der Waals surface area (Å²) in [6, 6.07) is 2.12. The summed E-state index contributed by atoms with van der Waals surface area (Å²) in [5, 5.41) is 10.9. The van der Waals surface area contributed by atoms with E-state index in [1.807, 2.05) is 0 Å². The summed E-state index contributed by atoms with van der Waals surface area (Å²) in [5.41, 5.74) is 3.42. The van der Waals surface area contributed by atoms with E-state index < -0.39 is 0 Å². The van der Waals surface area contributed by atoms with Gasteiger partial charge in [0.15, 0.2) is 0 Å². The SMILES string of the molecule is CC(C)(C)Cc1cc2n[nH]nc2c(Br)c1I. The molecule has 0 spiro atoms. The number of halogens is 2. The molecule has 86 valence electrons. The molecule has 0 bridgehead atoms. The first-order valence-electron chi connectivity index (χ1n) is 5.06. The first kappa shape index (κ1) is 12.3. The van der Waals surface area contributed by atoms with Crippen LogP contribution in [0, 0.1) is 8.99 Å². The van der Waals surface area contributed by atoms with Crippen LogP contribution < -0.4 is 0 Å². The molecular weight excluding hydrogens is 381 g/mol. The number of aromatic nitrogens is 3. The summed E-state index contributed by atoms with van der Waals surface area (Å²) in [6.45, 7) is 6.72. The predicted octanol–water partition coefficient (Wildman–Crippen LogP) is 3.91. The van der Waals surface area contributed by atoms with Crippen LogP contribution in [-0.2, 0) is 6.42 Å². The summed E-state index contributed by atoms with van der Waals surface area (Å²) in [6.07, 6.45) is 1.03. The van der Waals surface area contributed by atoms with E-state index in [1.54, 1.807) is 0 Å². The number of aromatic amines is 1. The van der Waals surface area contributed by atoms with Crippen LogP contribution in [0.4, 0.5) is 0 Å². The Morgan fingerprint density at radius 1 is 1.38 bits per heavy atom. The molecule has 1 aromatic heterocycles. The van der Waals surface area contributed by atoms with E-state index in [4.69, 9.17) is 0 Å². The maximum atomic E-state index is 4.14. The molecule has 3 nitrogen and oxygen atoms in total. The number of hydrogen-bond donors (Lipinski definition) is 1. The summed E-state index contributed by atoms with van der Waals surface area (Å²) in [4.78, 5) is 0. The van der Waals surface area contributed by atoms with Crippen LogP contribution >= 0.6 is 38.5 Å². The molecule has 16 heavy (non-hydrogen) atoms. The van der Waals surface area contributed by atoms with Crippen molar-refractivity contribution in [3.05, 3.63) is 19.7 Å². The van der Waals surface area contributed by atoms with Crippen molar-refractivity contribution in [1.82, 2.24) is 15.4 Å². The third kappa shape index (κ3) is 2.40. The third-order valence-corrected chi connectivity index (χ3v) is 5.03. The second-order valence-corrected chi connectivity index (χ2v) is 6.96. The molecule has 2 aromatic rings. The van der Waals surface area contributed by atoms with Gasteiger partial charge in [0.2, 0.25) is 0 Å². The van der Waals surface area contributed by atoms with Crippen molar-refractivity contribution >= 4 is 49.6 Å². The van der Waals surface area contributed by atoms with Gasteiger partial charge in [-0.2, -0.15) is 15.4 Å². The molecule has 5 heteroatoms. The zero-order valence-corrected chi connectivity index (χ0v) is 13.2. The van der Waals surface area contributed by atoms with E-state index in [2.05, 4.69) is 80.8 Å². The van der Waals surface area contributed by atoms with E-state index in [9.17, 15) is 0 Å². The van der Waals surface area contributed by atoms with Gasteiger partial charge in [-0.25, -0.2) is 0 Å². The molecule has 0 aliphatic heterocycles. The van der Waals surface area contributed by atoms with Gasteiger partial charge >= 0.3 is 0 Å². The number of nitrogens with one attached hydrogen (secondary N) is 1. The molecular formula is C11H13BrIN3. The van der Waals surface area contributed by atoms with Crippen molar-refractivity contribution in [2.75, 3.05) is 0 Å². The van der Waals surface area contributed by atoms with Crippen LogP contribution in [0.1, 0.15) is 26.3 Å². The van der Waals surface area contributed by atoms with Gasteiger partial charge in [-0.3, -0.25) is 0 Å². The Morgan fingerprint density at radius 3 is 2.69 bits per heavy atom. The van der Waals surface area contributed by atoms with Crippen LogP contribution in [-0.4, -0.2) is 15.4 Å². The number of fused-ring (bicyclic) bond motifs is 1. The van der Waals surface area contributed by atoms with Crippen molar-refractivity contribution in [1.29, 1.82) is 0 Å². The normalized spacial score (nSPS) is 12.3. The first-order chi connectivity index (χ1) is 7.38. The largest absolute Gasteiger partial charge is 0.197 e. The molecule has 0 saturated carbocycles. The standard InChI is InChI=1S/C11H13BrIN3/c1-11(2,3)5-6-4-7-10(15-16-14-7)8(12)9(6)13/h4H,5H2,1-3H3,(H,14,15,16). The third-order valence-electron chi connectivity index (χ3n) is 2.29. The van der Waals surface area contributed by atoms with Gasteiger partial charge in [0.1, 0.15) is 11.0 Å². The van der Waals surface area contributed by atoms with Gasteiger partial charge in [0.05, 0.1) is 4.47 Å². The van der Waals surface area contributed by atoms with Gasteiger partial charge < -0.3 is 0 Å². The van der Waals surface area contributed by atoms with Crippen molar-refractivity contribution in [3.63, 3.8) is 0 Å². The number of nitrogens with zero attached hydrogens (tertiary/aromatic N) is 2. The van der Waals surface area contributed by atoms with Gasteiger partial charge in [-0.15, -0.1) is 0 Å². The topological polar surface area (TPSA) is 41.6 Å². The predicted molar refractivity (Wildman–Crippen MR) is 77.5 cm³/mol. The average molecular weight is 394 g/mol. The molecule has 0 atom stereocenters. The van der Waals surface area contributed by atoms with Crippen molar-refractivity contribution in [3.8, 4) is 0 Å². The molecule has 1 heterocycles. The molecule has 0 amide bonds. The van der Waals surface area contributed by atoms with Crippen LogP contribution in [0.5, 0.6) is 0 Å². The second-order valence-electron chi connectivity index (χ2n) is 5.09. The maximum absolute atomic E-state index is 4.14. The highest BCUT2D eigenvalue weighted by Crippen LogP contribution is 2.32. The van der Waals surface area contributed by atoms with Crippen LogP contribution in [0.25, 0.3) is 11.0 Å². The van der Waals surface area contributed by atoms with Gasteiger partial charge in [-0.1, -0.05) is 20.8 Å². The smallest absolute Gasteiger partial charge is 0.128 e. The Labute approximate surface area is 117 Å². The first-order valence-corrected chi connectivity index (χ1v) is 6.93. The molecule has 1 aromatic carbocycles. The Hall–Kier alpha value is -0.170. The van der Waals surface area contributed by atoms with Crippen molar-refractivity contribution in [2.24, 2.45) is 5.41 Å². The molecule has 1 N–H and O–H groups in total. The zero-order valence-electron chi connectivity index (χ0n) is 9.43. The Bertz CT molecular complexity index is 528. The van der Waals surface area contributed by atoms with E-state index in [0.29, 0.717) is 0 Å². The van der Waals surface area contributed by atoms with Crippen LogP contribution in [0.15, 0.2) is 10.5 Å². The lowest BCUT2D eigenvalue weighted by atomic mass is 9.88. The van der Waals surface area contributed by atoms with Gasteiger partial charge in [0, 0.05) is 3.57 Å². The minimum absolute atomic E-state index is 0.275. The lowest BCUT2D eigenvalue weighted by Gasteiger charge is -2.19. The fourth-order valence-corrected chi connectivity index (χ4v) is 2.82. The minimum Gasteiger partial charge on any atom is -0.197 e. The molecule has 2 rings (SSSR count). The summed E-state index contributed by atoms with van der Waals surface area (Å²) < 4.78 is 2.27. The fraction of sp³-hybridized carbons (Fsp3) is 0.455. The number of hydrogen-bond acceptors (Lipinski definition) is 2. The van der Waals surface area contributed by atoms with Gasteiger partial charge in [-0.05, 0) is 62.0 Å². The lowest BCUT2D eigenvalue weighted by Crippen LogP contribution is -2.10. The lowest BCUT2D eigenvalue weighted by molar-refractivity contribution is 0.410. The molecule has 0 fully saturated rings. The van der Waals surface area contributed by atoms with Crippen molar-refractivity contribution < 1.29 is 0 Å². The second kappa shape index (κ2) is 4.25.